The Morgan fingerprint density at radius 2 is 2.00 bits per heavy atom. The highest BCUT2D eigenvalue weighted by atomic mass is 35.5. The van der Waals surface area contributed by atoms with Crippen molar-refractivity contribution in [1.82, 2.24) is 10.2 Å². The summed E-state index contributed by atoms with van der Waals surface area (Å²) in [5.41, 5.74) is 0.0133. The Hall–Kier alpha value is -1.96. The Balaban J connectivity index is 1.79. The lowest BCUT2D eigenvalue weighted by molar-refractivity contribution is -0.120. The minimum atomic E-state index is -0.771. The number of amides is 3. The maximum absolute atomic E-state index is 13.4. The summed E-state index contributed by atoms with van der Waals surface area (Å²) in [5, 5.41) is 4.45. The van der Waals surface area contributed by atoms with Gasteiger partial charge in [0.05, 0.1) is 16.6 Å². The highest BCUT2D eigenvalue weighted by Crippen LogP contribution is 2.22. The number of para-hydroxylation sites is 1. The summed E-state index contributed by atoms with van der Waals surface area (Å²) in [5.74, 6) is -1.05. The molecule has 23 heavy (non-hydrogen) atoms. The first-order valence-electron chi connectivity index (χ1n) is 6.72. The van der Waals surface area contributed by atoms with Crippen molar-refractivity contribution in [3.8, 4) is 0 Å². The van der Waals surface area contributed by atoms with E-state index >= 15 is 0 Å². The molecule has 1 aromatic carbocycles. The SMILES string of the molecule is CN(CC(=O)NC(=O)Nc1ccccc1F)Cc1ccc(Cl)s1. The Morgan fingerprint density at radius 3 is 2.65 bits per heavy atom. The first-order valence-corrected chi connectivity index (χ1v) is 7.91. The van der Waals surface area contributed by atoms with Crippen LogP contribution in [0.1, 0.15) is 4.88 Å². The minimum Gasteiger partial charge on any atom is -0.305 e. The van der Waals surface area contributed by atoms with Crippen LogP contribution in [0.5, 0.6) is 0 Å². The zero-order valence-corrected chi connectivity index (χ0v) is 13.9. The van der Waals surface area contributed by atoms with Gasteiger partial charge >= 0.3 is 6.03 Å². The van der Waals surface area contributed by atoms with Crippen LogP contribution in [0.25, 0.3) is 0 Å². The molecule has 0 fully saturated rings. The number of carbonyl (C=O) groups excluding carboxylic acids is 2. The number of urea groups is 1. The van der Waals surface area contributed by atoms with Crippen LogP contribution >= 0.6 is 22.9 Å². The van der Waals surface area contributed by atoms with E-state index < -0.39 is 17.8 Å². The third-order valence-electron chi connectivity index (χ3n) is 2.84. The van der Waals surface area contributed by atoms with Crippen molar-refractivity contribution in [1.29, 1.82) is 0 Å². The van der Waals surface area contributed by atoms with E-state index in [9.17, 15) is 14.0 Å². The maximum atomic E-state index is 13.4. The number of carbonyl (C=O) groups is 2. The molecule has 5 nitrogen and oxygen atoms in total. The Morgan fingerprint density at radius 1 is 1.26 bits per heavy atom. The molecule has 0 atom stereocenters. The topological polar surface area (TPSA) is 61.4 Å². The number of hydrogen-bond acceptors (Lipinski definition) is 4. The van der Waals surface area contributed by atoms with Crippen molar-refractivity contribution >= 4 is 40.6 Å². The number of anilines is 1. The average Bonchev–Trinajstić information content (AvgIpc) is 2.86. The summed E-state index contributed by atoms with van der Waals surface area (Å²) in [6, 6.07) is 8.62. The molecule has 0 bridgehead atoms. The molecule has 0 spiro atoms. The van der Waals surface area contributed by atoms with Gasteiger partial charge in [-0.15, -0.1) is 11.3 Å². The summed E-state index contributed by atoms with van der Waals surface area (Å²) in [6.07, 6.45) is 0. The van der Waals surface area contributed by atoms with E-state index in [4.69, 9.17) is 11.6 Å². The first kappa shape index (κ1) is 17.4. The molecule has 2 aromatic rings. The van der Waals surface area contributed by atoms with Gasteiger partial charge in [-0.1, -0.05) is 23.7 Å². The molecule has 1 heterocycles. The van der Waals surface area contributed by atoms with Crippen LogP contribution in [0.15, 0.2) is 36.4 Å². The largest absolute Gasteiger partial charge is 0.326 e. The quantitative estimate of drug-likeness (QED) is 0.864. The molecule has 0 radical (unpaired) electrons. The number of thiophene rings is 1. The molecule has 0 aliphatic carbocycles. The van der Waals surface area contributed by atoms with Gasteiger partial charge in [0.1, 0.15) is 5.82 Å². The highest BCUT2D eigenvalue weighted by molar-refractivity contribution is 7.16. The monoisotopic (exact) mass is 355 g/mol. The third-order valence-corrected chi connectivity index (χ3v) is 4.06. The van der Waals surface area contributed by atoms with E-state index in [1.807, 2.05) is 6.07 Å². The van der Waals surface area contributed by atoms with Crippen LogP contribution < -0.4 is 10.6 Å². The van der Waals surface area contributed by atoms with E-state index in [1.165, 1.54) is 29.5 Å². The van der Waals surface area contributed by atoms with Crippen molar-refractivity contribution in [2.45, 2.75) is 6.54 Å². The van der Waals surface area contributed by atoms with Gasteiger partial charge in [-0.25, -0.2) is 9.18 Å². The number of nitrogens with zero attached hydrogens (tertiary/aromatic N) is 1. The normalized spacial score (nSPS) is 10.6. The molecule has 2 N–H and O–H groups in total. The Kier molecular flexibility index (Phi) is 6.09. The third kappa shape index (κ3) is 5.63. The van der Waals surface area contributed by atoms with Gasteiger partial charge in [0.25, 0.3) is 0 Å². The van der Waals surface area contributed by atoms with Crippen LogP contribution in [-0.2, 0) is 11.3 Å². The van der Waals surface area contributed by atoms with Gasteiger partial charge in [0.2, 0.25) is 5.91 Å². The van der Waals surface area contributed by atoms with Crippen LogP contribution in [-0.4, -0.2) is 30.4 Å². The molecule has 8 heteroatoms. The molecule has 0 saturated heterocycles. The second-order valence-corrected chi connectivity index (χ2v) is 6.66. The van der Waals surface area contributed by atoms with Crippen LogP contribution in [0.4, 0.5) is 14.9 Å². The number of likely N-dealkylation sites (N-methyl/N-ethyl adjacent to an activating group) is 1. The Bertz CT molecular complexity index is 708. The highest BCUT2D eigenvalue weighted by Gasteiger charge is 2.12. The second-order valence-electron chi connectivity index (χ2n) is 4.86. The zero-order chi connectivity index (χ0) is 16.8. The fourth-order valence-electron chi connectivity index (χ4n) is 1.89. The molecular formula is C15H15ClFN3O2S. The lowest BCUT2D eigenvalue weighted by atomic mass is 10.3. The van der Waals surface area contributed by atoms with Gasteiger partial charge in [0.15, 0.2) is 0 Å². The number of nitrogens with one attached hydrogen (secondary N) is 2. The number of rotatable bonds is 5. The first-order chi connectivity index (χ1) is 10.9. The zero-order valence-electron chi connectivity index (χ0n) is 12.3. The van der Waals surface area contributed by atoms with Crippen molar-refractivity contribution in [2.24, 2.45) is 0 Å². The van der Waals surface area contributed by atoms with E-state index in [0.717, 1.165) is 4.88 Å². The van der Waals surface area contributed by atoms with Crippen molar-refractivity contribution in [3.63, 3.8) is 0 Å². The maximum Gasteiger partial charge on any atom is 0.326 e. The molecule has 0 aliphatic heterocycles. The number of halogens is 2. The fraction of sp³-hybridized carbons (Fsp3) is 0.200. The smallest absolute Gasteiger partial charge is 0.305 e. The van der Waals surface area contributed by atoms with Gasteiger partial charge in [-0.05, 0) is 31.3 Å². The lowest BCUT2D eigenvalue weighted by Gasteiger charge is -2.15. The van der Waals surface area contributed by atoms with E-state index in [2.05, 4.69) is 10.6 Å². The molecule has 1 aromatic heterocycles. The summed E-state index contributed by atoms with van der Waals surface area (Å²) in [4.78, 5) is 26.2. The summed E-state index contributed by atoms with van der Waals surface area (Å²) in [6.45, 7) is 0.569. The van der Waals surface area contributed by atoms with Gasteiger partial charge in [-0.3, -0.25) is 15.0 Å². The average molecular weight is 356 g/mol. The summed E-state index contributed by atoms with van der Waals surface area (Å²) < 4.78 is 14.1. The molecule has 122 valence electrons. The summed E-state index contributed by atoms with van der Waals surface area (Å²) >= 11 is 7.28. The van der Waals surface area contributed by atoms with Gasteiger partial charge in [-0.2, -0.15) is 0 Å². The molecule has 0 saturated carbocycles. The van der Waals surface area contributed by atoms with Crippen LogP contribution in [0, 0.1) is 5.82 Å². The van der Waals surface area contributed by atoms with Crippen molar-refractivity contribution in [2.75, 3.05) is 18.9 Å². The molecule has 2 rings (SSSR count). The number of imide groups is 1. The van der Waals surface area contributed by atoms with Gasteiger partial charge < -0.3 is 5.32 Å². The van der Waals surface area contributed by atoms with Crippen molar-refractivity contribution in [3.05, 3.63) is 51.4 Å². The molecule has 3 amide bonds. The number of hydrogen-bond donors (Lipinski definition) is 2. The lowest BCUT2D eigenvalue weighted by Crippen LogP contribution is -2.40. The van der Waals surface area contributed by atoms with E-state index in [-0.39, 0.29) is 12.2 Å². The fourth-order valence-corrected chi connectivity index (χ4v) is 3.05. The van der Waals surface area contributed by atoms with Crippen molar-refractivity contribution < 1.29 is 14.0 Å². The second kappa shape index (κ2) is 8.05. The predicted octanol–water partition coefficient (Wildman–Crippen LogP) is 3.32. The predicted molar refractivity (Wildman–Crippen MR) is 89.2 cm³/mol. The molecular weight excluding hydrogens is 341 g/mol. The number of benzene rings is 1. The summed E-state index contributed by atoms with van der Waals surface area (Å²) in [7, 11) is 1.75. The standard InChI is InChI=1S/C15H15ClFN3O2S/c1-20(8-10-6-7-13(16)23-10)9-14(21)19-15(22)18-12-5-3-2-4-11(12)17/h2-7H,8-9H2,1H3,(H2,18,19,21,22). The van der Waals surface area contributed by atoms with Crippen LogP contribution in [0.2, 0.25) is 4.34 Å². The molecule has 0 aliphatic rings. The minimum absolute atomic E-state index is 0.0133. The Labute approximate surface area is 142 Å². The van der Waals surface area contributed by atoms with E-state index in [1.54, 1.807) is 24.1 Å². The van der Waals surface area contributed by atoms with Gasteiger partial charge in [0, 0.05) is 11.4 Å². The van der Waals surface area contributed by atoms with Crippen LogP contribution in [0.3, 0.4) is 0 Å². The molecule has 0 unspecified atom stereocenters. The van der Waals surface area contributed by atoms with E-state index in [0.29, 0.717) is 10.9 Å².